The molecule has 0 radical (unpaired) electrons. The topological polar surface area (TPSA) is 80.5 Å². The first-order chi connectivity index (χ1) is 14.2. The average Bonchev–Trinajstić information content (AvgIpc) is 3.19. The summed E-state index contributed by atoms with van der Waals surface area (Å²) in [7, 11) is 3.32. The lowest BCUT2D eigenvalue weighted by atomic mass is 9.78. The molecule has 7 heteroatoms. The second kappa shape index (κ2) is 8.95. The van der Waals surface area contributed by atoms with Crippen molar-refractivity contribution in [1.29, 1.82) is 0 Å². The van der Waals surface area contributed by atoms with Gasteiger partial charge in [-0.05, 0) is 48.4 Å². The van der Waals surface area contributed by atoms with Crippen molar-refractivity contribution in [1.82, 2.24) is 20.4 Å². The van der Waals surface area contributed by atoms with E-state index in [-0.39, 0.29) is 12.3 Å². The number of hydrogen-bond donors (Lipinski definition) is 1. The molecular weight excluding hydrogens is 368 g/mol. The number of carbonyl (C=O) groups excluding carboxylic acids is 1. The van der Waals surface area contributed by atoms with Crippen LogP contribution in [0.4, 0.5) is 0 Å². The van der Waals surface area contributed by atoms with Gasteiger partial charge in [-0.3, -0.25) is 9.69 Å². The van der Waals surface area contributed by atoms with Gasteiger partial charge in [-0.2, -0.15) is 4.98 Å². The fourth-order valence-corrected chi connectivity index (χ4v) is 4.75. The Labute approximate surface area is 171 Å². The van der Waals surface area contributed by atoms with Gasteiger partial charge in [-0.25, -0.2) is 0 Å². The van der Waals surface area contributed by atoms with Crippen LogP contribution in [0.5, 0.6) is 5.75 Å². The van der Waals surface area contributed by atoms with Crippen molar-refractivity contribution >= 4 is 5.91 Å². The number of nitrogens with one attached hydrogen (secondary N) is 1. The molecule has 1 amide bonds. The number of fused-ring (bicyclic) bond motifs is 1. The lowest BCUT2D eigenvalue weighted by Crippen LogP contribution is -2.45. The van der Waals surface area contributed by atoms with Crippen LogP contribution in [0.2, 0.25) is 0 Å². The van der Waals surface area contributed by atoms with E-state index in [9.17, 15) is 4.79 Å². The number of methoxy groups -OCH3 is 1. The summed E-state index contributed by atoms with van der Waals surface area (Å²) in [6.45, 7) is 1.46. The van der Waals surface area contributed by atoms with Crippen molar-refractivity contribution in [3.05, 3.63) is 41.0 Å². The number of benzene rings is 1. The van der Waals surface area contributed by atoms with Gasteiger partial charge in [-0.1, -0.05) is 30.5 Å². The number of likely N-dealkylation sites (N-methyl/N-ethyl adjacent to an activating group) is 1. The molecule has 7 nitrogen and oxygen atoms in total. The maximum atomic E-state index is 11.6. The molecule has 1 aliphatic carbocycles. The number of ether oxygens (including phenoxy) is 1. The molecular formula is C22H30N4O3. The smallest absolute Gasteiger partial charge is 0.240 e. The van der Waals surface area contributed by atoms with Crippen LogP contribution in [0, 0.1) is 5.92 Å². The van der Waals surface area contributed by atoms with Gasteiger partial charge in [0, 0.05) is 19.6 Å². The van der Waals surface area contributed by atoms with E-state index in [2.05, 4.69) is 38.6 Å². The fraction of sp³-hybridized carbons (Fsp3) is 0.591. The Kier molecular flexibility index (Phi) is 6.13. The number of carbonyl (C=O) groups is 1. The third kappa shape index (κ3) is 4.61. The predicted molar refractivity (Wildman–Crippen MR) is 108 cm³/mol. The highest BCUT2D eigenvalue weighted by atomic mass is 16.5. The Morgan fingerprint density at radius 1 is 1.28 bits per heavy atom. The molecule has 2 heterocycles. The second-order valence-electron chi connectivity index (χ2n) is 8.16. The lowest BCUT2D eigenvalue weighted by Gasteiger charge is -2.42. The molecule has 2 aliphatic rings. The summed E-state index contributed by atoms with van der Waals surface area (Å²) in [5.41, 5.74) is 2.73. The maximum Gasteiger partial charge on any atom is 0.240 e. The molecule has 156 valence electrons. The van der Waals surface area contributed by atoms with Gasteiger partial charge in [0.1, 0.15) is 5.75 Å². The van der Waals surface area contributed by atoms with E-state index in [4.69, 9.17) is 9.26 Å². The van der Waals surface area contributed by atoms with E-state index < -0.39 is 0 Å². The third-order valence-electron chi connectivity index (χ3n) is 6.32. The summed E-state index contributed by atoms with van der Waals surface area (Å²) in [5.74, 6) is 2.50. The van der Waals surface area contributed by atoms with Crippen LogP contribution in [-0.2, 0) is 30.7 Å². The van der Waals surface area contributed by atoms with Crippen LogP contribution >= 0.6 is 0 Å². The normalized spacial score (nSPS) is 20.3. The van der Waals surface area contributed by atoms with Crippen molar-refractivity contribution in [3.63, 3.8) is 0 Å². The molecule has 1 aliphatic heterocycles. The molecule has 1 aromatic heterocycles. The van der Waals surface area contributed by atoms with Crippen molar-refractivity contribution in [3.8, 4) is 5.75 Å². The van der Waals surface area contributed by atoms with E-state index in [1.54, 1.807) is 14.2 Å². The Morgan fingerprint density at radius 3 is 2.86 bits per heavy atom. The predicted octanol–water partition coefficient (Wildman–Crippen LogP) is 2.87. The first-order valence-corrected chi connectivity index (χ1v) is 10.6. The summed E-state index contributed by atoms with van der Waals surface area (Å²) in [5, 5.41) is 6.58. The molecule has 0 saturated heterocycles. The van der Waals surface area contributed by atoms with E-state index >= 15 is 0 Å². The summed E-state index contributed by atoms with van der Waals surface area (Å²) in [6, 6.07) is 6.90. The number of hydrogen-bond acceptors (Lipinski definition) is 6. The third-order valence-corrected chi connectivity index (χ3v) is 6.32. The highest BCUT2D eigenvalue weighted by Gasteiger charge is 2.34. The van der Waals surface area contributed by atoms with E-state index in [1.165, 1.54) is 43.2 Å². The van der Waals surface area contributed by atoms with Gasteiger partial charge in [0.2, 0.25) is 11.8 Å². The van der Waals surface area contributed by atoms with Crippen LogP contribution in [-0.4, -0.2) is 41.1 Å². The first kappa shape index (κ1) is 19.9. The van der Waals surface area contributed by atoms with Crippen LogP contribution < -0.4 is 10.1 Å². The van der Waals surface area contributed by atoms with Gasteiger partial charge >= 0.3 is 0 Å². The van der Waals surface area contributed by atoms with Gasteiger partial charge in [0.05, 0.1) is 20.1 Å². The number of aromatic nitrogens is 2. The van der Waals surface area contributed by atoms with Crippen LogP contribution in [0.15, 0.2) is 22.7 Å². The maximum absolute atomic E-state index is 11.6. The minimum absolute atomic E-state index is 0.114. The monoisotopic (exact) mass is 398 g/mol. The lowest BCUT2D eigenvalue weighted by molar-refractivity contribution is -0.120. The van der Waals surface area contributed by atoms with E-state index in [0.717, 1.165) is 18.7 Å². The average molecular weight is 399 g/mol. The number of nitrogens with zero attached hydrogens (tertiary/aromatic N) is 3. The molecule has 2 aromatic rings. The second-order valence-corrected chi connectivity index (χ2v) is 8.16. The number of rotatable bonds is 6. The Balaban J connectivity index is 1.55. The van der Waals surface area contributed by atoms with Crippen molar-refractivity contribution in [2.45, 2.75) is 64.1 Å². The number of amides is 1. The zero-order valence-corrected chi connectivity index (χ0v) is 17.3. The van der Waals surface area contributed by atoms with Gasteiger partial charge in [0.25, 0.3) is 0 Å². The molecule has 29 heavy (non-hydrogen) atoms. The van der Waals surface area contributed by atoms with Crippen molar-refractivity contribution < 1.29 is 14.1 Å². The Hall–Kier alpha value is -2.41. The van der Waals surface area contributed by atoms with Crippen LogP contribution in [0.1, 0.15) is 54.9 Å². The molecule has 1 aromatic carbocycles. The highest BCUT2D eigenvalue weighted by Crippen LogP contribution is 2.36. The molecule has 1 atom stereocenters. The summed E-state index contributed by atoms with van der Waals surface area (Å²) >= 11 is 0. The van der Waals surface area contributed by atoms with Gasteiger partial charge < -0.3 is 14.6 Å². The molecule has 1 unspecified atom stereocenters. The minimum atomic E-state index is -0.114. The van der Waals surface area contributed by atoms with Crippen molar-refractivity contribution in [2.24, 2.45) is 5.92 Å². The minimum Gasteiger partial charge on any atom is -0.497 e. The largest absolute Gasteiger partial charge is 0.497 e. The Bertz CT molecular complexity index is 844. The molecule has 1 saturated carbocycles. The van der Waals surface area contributed by atoms with Crippen LogP contribution in [0.3, 0.4) is 0 Å². The van der Waals surface area contributed by atoms with E-state index in [0.29, 0.717) is 30.2 Å². The molecule has 1 fully saturated rings. The highest BCUT2D eigenvalue weighted by molar-refractivity contribution is 5.77. The molecule has 1 N–H and O–H groups in total. The molecule has 4 rings (SSSR count). The van der Waals surface area contributed by atoms with Gasteiger partial charge in [0.15, 0.2) is 5.82 Å². The van der Waals surface area contributed by atoms with Gasteiger partial charge in [-0.15, -0.1) is 0 Å². The van der Waals surface area contributed by atoms with E-state index in [1.807, 2.05) is 0 Å². The zero-order valence-electron chi connectivity index (χ0n) is 17.3. The van der Waals surface area contributed by atoms with Crippen LogP contribution in [0.25, 0.3) is 0 Å². The fourth-order valence-electron chi connectivity index (χ4n) is 4.75. The summed E-state index contributed by atoms with van der Waals surface area (Å²) in [6.07, 6.45) is 7.76. The Morgan fingerprint density at radius 2 is 2.10 bits per heavy atom. The summed E-state index contributed by atoms with van der Waals surface area (Å²) < 4.78 is 10.9. The SMILES string of the molecule is CNC(=O)Cc1noc(CN2Cc3cc(OC)ccc3CC2C2CCCCC2)n1. The molecule has 0 spiro atoms. The first-order valence-electron chi connectivity index (χ1n) is 10.6. The quantitative estimate of drug-likeness (QED) is 0.806. The zero-order chi connectivity index (χ0) is 20.2. The standard InChI is InChI=1S/C22H30N4O3/c1-23-21(27)12-20-24-22(29-25-20)14-26-13-17-10-18(28-2)9-8-16(17)11-19(26)15-6-4-3-5-7-15/h8-10,15,19H,3-7,11-14H2,1-2H3,(H,23,27). The summed E-state index contributed by atoms with van der Waals surface area (Å²) in [4.78, 5) is 18.5. The van der Waals surface area contributed by atoms with Crippen molar-refractivity contribution in [2.75, 3.05) is 14.2 Å². The molecule has 0 bridgehead atoms.